The van der Waals surface area contributed by atoms with Crippen molar-refractivity contribution in [1.82, 2.24) is 15.0 Å². The number of nitrogens with one attached hydrogen (secondary N) is 2. The van der Waals surface area contributed by atoms with Crippen molar-refractivity contribution in [3.05, 3.63) is 78.1 Å². The summed E-state index contributed by atoms with van der Waals surface area (Å²) in [6, 6.07) is 19.3. The number of H-pyrrole nitrogens is 1. The molecule has 0 bridgehead atoms. The number of aromatic amines is 1. The average molecular weight is 369 g/mol. The van der Waals surface area contributed by atoms with Gasteiger partial charge in [0, 0.05) is 41.6 Å². The van der Waals surface area contributed by atoms with E-state index in [0.717, 1.165) is 25.2 Å². The van der Waals surface area contributed by atoms with Gasteiger partial charge in [-0.1, -0.05) is 36.4 Å². The SMILES string of the molecule is CC1Cc2ccccc2N1c1ccnc(NCCc2c[nH]c3ccccc23)n1. The number of fused-ring (bicyclic) bond motifs is 2. The first-order valence-corrected chi connectivity index (χ1v) is 9.78. The van der Waals surface area contributed by atoms with Crippen molar-refractivity contribution in [2.24, 2.45) is 0 Å². The maximum Gasteiger partial charge on any atom is 0.224 e. The standard InChI is InChI=1S/C23H23N5/c1-16-14-17-6-2-5-9-21(17)28(16)22-11-13-25-23(27-22)24-12-10-18-15-26-20-8-4-3-7-19(18)20/h2-9,11,13,15-16,26H,10,12,14H2,1H3,(H,24,25,27). The molecule has 5 nitrogen and oxygen atoms in total. The van der Waals surface area contributed by atoms with Gasteiger partial charge in [0.2, 0.25) is 5.95 Å². The lowest BCUT2D eigenvalue weighted by molar-refractivity contribution is 0.749. The van der Waals surface area contributed by atoms with Crippen molar-refractivity contribution in [1.29, 1.82) is 0 Å². The number of rotatable bonds is 5. The first kappa shape index (κ1) is 16.8. The minimum Gasteiger partial charge on any atom is -0.361 e. The largest absolute Gasteiger partial charge is 0.361 e. The summed E-state index contributed by atoms with van der Waals surface area (Å²) in [6.07, 6.45) is 5.89. The van der Waals surface area contributed by atoms with Crippen LogP contribution in [0.25, 0.3) is 10.9 Å². The molecule has 1 aliphatic heterocycles. The molecule has 0 spiro atoms. The van der Waals surface area contributed by atoms with Gasteiger partial charge in [-0.3, -0.25) is 0 Å². The molecule has 0 radical (unpaired) electrons. The lowest BCUT2D eigenvalue weighted by Gasteiger charge is -2.24. The highest BCUT2D eigenvalue weighted by atomic mass is 15.3. The predicted molar refractivity (Wildman–Crippen MR) is 114 cm³/mol. The Bertz CT molecular complexity index is 1120. The lowest BCUT2D eigenvalue weighted by Crippen LogP contribution is -2.25. The van der Waals surface area contributed by atoms with Gasteiger partial charge in [-0.15, -0.1) is 0 Å². The fraction of sp³-hybridized carbons (Fsp3) is 0.217. The van der Waals surface area contributed by atoms with Crippen LogP contribution in [0.1, 0.15) is 18.1 Å². The minimum atomic E-state index is 0.395. The highest BCUT2D eigenvalue weighted by molar-refractivity contribution is 5.83. The fourth-order valence-corrected chi connectivity index (χ4v) is 4.13. The van der Waals surface area contributed by atoms with Gasteiger partial charge in [0.15, 0.2) is 0 Å². The molecule has 2 aromatic heterocycles. The molecule has 28 heavy (non-hydrogen) atoms. The van der Waals surface area contributed by atoms with Gasteiger partial charge in [-0.25, -0.2) is 4.98 Å². The summed E-state index contributed by atoms with van der Waals surface area (Å²) in [4.78, 5) is 14.8. The lowest BCUT2D eigenvalue weighted by atomic mass is 10.1. The highest BCUT2D eigenvalue weighted by Crippen LogP contribution is 2.37. The van der Waals surface area contributed by atoms with Crippen molar-refractivity contribution >= 4 is 28.4 Å². The Morgan fingerprint density at radius 1 is 1.11 bits per heavy atom. The van der Waals surface area contributed by atoms with Crippen LogP contribution in [0.2, 0.25) is 0 Å². The van der Waals surface area contributed by atoms with E-state index in [1.807, 2.05) is 12.3 Å². The van der Waals surface area contributed by atoms with E-state index in [1.54, 1.807) is 0 Å². The second kappa shape index (κ2) is 7.00. The zero-order valence-corrected chi connectivity index (χ0v) is 15.9. The first-order valence-electron chi connectivity index (χ1n) is 9.78. The summed E-state index contributed by atoms with van der Waals surface area (Å²) < 4.78 is 0. The van der Waals surface area contributed by atoms with Gasteiger partial charge in [-0.2, -0.15) is 4.98 Å². The van der Waals surface area contributed by atoms with Crippen LogP contribution in [-0.4, -0.2) is 27.5 Å². The van der Waals surface area contributed by atoms with E-state index in [2.05, 4.69) is 81.8 Å². The van der Waals surface area contributed by atoms with E-state index in [9.17, 15) is 0 Å². The zero-order chi connectivity index (χ0) is 18.9. The molecule has 5 rings (SSSR count). The molecule has 4 aromatic rings. The molecule has 0 aliphatic carbocycles. The summed E-state index contributed by atoms with van der Waals surface area (Å²) in [5, 5.41) is 4.67. The topological polar surface area (TPSA) is 56.8 Å². The molecule has 1 atom stereocenters. The van der Waals surface area contributed by atoms with Crippen LogP contribution in [0, 0.1) is 0 Å². The maximum absolute atomic E-state index is 4.78. The third-order valence-electron chi connectivity index (χ3n) is 5.45. The van der Waals surface area contributed by atoms with E-state index in [4.69, 9.17) is 4.98 Å². The molecule has 0 fully saturated rings. The third kappa shape index (κ3) is 2.99. The van der Waals surface area contributed by atoms with Gasteiger partial charge in [0.25, 0.3) is 0 Å². The molecule has 0 saturated carbocycles. The monoisotopic (exact) mass is 369 g/mol. The number of hydrogen-bond donors (Lipinski definition) is 2. The van der Waals surface area contributed by atoms with E-state index >= 15 is 0 Å². The van der Waals surface area contributed by atoms with E-state index in [1.165, 1.54) is 27.7 Å². The smallest absolute Gasteiger partial charge is 0.224 e. The minimum absolute atomic E-state index is 0.395. The third-order valence-corrected chi connectivity index (χ3v) is 5.45. The van der Waals surface area contributed by atoms with E-state index in [-0.39, 0.29) is 0 Å². The van der Waals surface area contributed by atoms with Crippen molar-refractivity contribution < 1.29 is 0 Å². The van der Waals surface area contributed by atoms with Gasteiger partial charge in [0.1, 0.15) is 5.82 Å². The van der Waals surface area contributed by atoms with Crippen LogP contribution in [0.15, 0.2) is 67.0 Å². The normalized spacial score (nSPS) is 15.8. The fourth-order valence-electron chi connectivity index (χ4n) is 4.13. The molecule has 0 saturated heterocycles. The Kier molecular flexibility index (Phi) is 4.20. The molecule has 2 aromatic carbocycles. The number of nitrogens with zero attached hydrogens (tertiary/aromatic N) is 3. The number of hydrogen-bond acceptors (Lipinski definition) is 4. The molecular formula is C23H23N5. The van der Waals surface area contributed by atoms with E-state index < -0.39 is 0 Å². The maximum atomic E-state index is 4.78. The molecule has 1 unspecified atom stereocenters. The zero-order valence-electron chi connectivity index (χ0n) is 15.9. The van der Waals surface area contributed by atoms with Crippen LogP contribution < -0.4 is 10.2 Å². The van der Waals surface area contributed by atoms with Crippen molar-refractivity contribution in [2.45, 2.75) is 25.8 Å². The summed E-state index contributed by atoms with van der Waals surface area (Å²) in [5.74, 6) is 1.62. The Morgan fingerprint density at radius 2 is 1.96 bits per heavy atom. The quantitative estimate of drug-likeness (QED) is 0.536. The highest BCUT2D eigenvalue weighted by Gasteiger charge is 2.27. The van der Waals surface area contributed by atoms with E-state index in [0.29, 0.717) is 12.0 Å². The molecule has 1 aliphatic rings. The number of para-hydroxylation sites is 2. The van der Waals surface area contributed by atoms with Gasteiger partial charge in [-0.05, 0) is 49.1 Å². The summed E-state index contributed by atoms with van der Waals surface area (Å²) in [5.41, 5.74) is 5.11. The number of anilines is 3. The Morgan fingerprint density at radius 3 is 2.93 bits per heavy atom. The second-order valence-electron chi connectivity index (χ2n) is 7.33. The number of benzene rings is 2. The summed E-state index contributed by atoms with van der Waals surface area (Å²) in [6.45, 7) is 3.03. The molecule has 2 N–H and O–H groups in total. The average Bonchev–Trinajstić information content (AvgIpc) is 3.28. The van der Waals surface area contributed by atoms with Crippen LogP contribution in [0.4, 0.5) is 17.5 Å². The first-order chi connectivity index (χ1) is 13.8. The van der Waals surface area contributed by atoms with Crippen LogP contribution in [-0.2, 0) is 12.8 Å². The predicted octanol–water partition coefficient (Wildman–Crippen LogP) is 4.70. The number of aromatic nitrogens is 3. The Hall–Kier alpha value is -3.34. The van der Waals surface area contributed by atoms with Crippen molar-refractivity contribution in [3.63, 3.8) is 0 Å². The Balaban J connectivity index is 1.31. The molecule has 140 valence electrons. The molecule has 5 heteroatoms. The molecule has 0 amide bonds. The van der Waals surface area contributed by atoms with Crippen molar-refractivity contribution in [2.75, 3.05) is 16.8 Å². The van der Waals surface area contributed by atoms with Gasteiger partial charge >= 0.3 is 0 Å². The van der Waals surface area contributed by atoms with Crippen molar-refractivity contribution in [3.8, 4) is 0 Å². The Labute approximate surface area is 164 Å². The van der Waals surface area contributed by atoms with Gasteiger partial charge < -0.3 is 15.2 Å². The van der Waals surface area contributed by atoms with Gasteiger partial charge in [0.05, 0.1) is 0 Å². The summed E-state index contributed by atoms with van der Waals surface area (Å²) in [7, 11) is 0. The van der Waals surface area contributed by atoms with Crippen LogP contribution >= 0.6 is 0 Å². The second-order valence-corrected chi connectivity index (χ2v) is 7.33. The molecular weight excluding hydrogens is 346 g/mol. The molecule has 3 heterocycles. The van der Waals surface area contributed by atoms with Crippen LogP contribution in [0.3, 0.4) is 0 Å². The summed E-state index contributed by atoms with van der Waals surface area (Å²) >= 11 is 0. The van der Waals surface area contributed by atoms with Crippen LogP contribution in [0.5, 0.6) is 0 Å².